The van der Waals surface area contributed by atoms with Crippen molar-refractivity contribution in [3.05, 3.63) is 29.3 Å². The van der Waals surface area contributed by atoms with E-state index in [0.717, 1.165) is 31.4 Å². The third-order valence-corrected chi connectivity index (χ3v) is 2.54. The van der Waals surface area contributed by atoms with Crippen LogP contribution in [0.1, 0.15) is 35.7 Å². The summed E-state index contributed by atoms with van der Waals surface area (Å²) in [5, 5.41) is 9.02. The van der Waals surface area contributed by atoms with E-state index in [0.29, 0.717) is 11.1 Å². The Morgan fingerprint density at radius 2 is 2.25 bits per heavy atom. The Morgan fingerprint density at radius 3 is 2.81 bits per heavy atom. The van der Waals surface area contributed by atoms with E-state index in [4.69, 9.17) is 5.26 Å². The zero-order valence-corrected chi connectivity index (χ0v) is 9.73. The average Bonchev–Trinajstić information content (AvgIpc) is 2.34. The summed E-state index contributed by atoms with van der Waals surface area (Å²) >= 11 is 0. The number of benzene rings is 1. The lowest BCUT2D eigenvalue weighted by Crippen LogP contribution is -2.19. The van der Waals surface area contributed by atoms with Crippen LogP contribution in [-0.2, 0) is 0 Å². The summed E-state index contributed by atoms with van der Waals surface area (Å²) < 4.78 is 0. The van der Waals surface area contributed by atoms with Crippen molar-refractivity contribution >= 4 is 12.0 Å². The number of rotatable bonds is 5. The number of hydrogen-bond acceptors (Lipinski definition) is 3. The van der Waals surface area contributed by atoms with Crippen molar-refractivity contribution in [3.8, 4) is 6.07 Å². The topological polar surface area (TPSA) is 44.1 Å². The lowest BCUT2D eigenvalue weighted by molar-refractivity contribution is 0.112. The Hall–Kier alpha value is -1.82. The van der Waals surface area contributed by atoms with Crippen LogP contribution in [0.3, 0.4) is 0 Å². The third-order valence-electron chi connectivity index (χ3n) is 2.54. The van der Waals surface area contributed by atoms with Crippen molar-refractivity contribution in [2.45, 2.75) is 19.8 Å². The molecule has 16 heavy (non-hydrogen) atoms. The third kappa shape index (κ3) is 2.83. The van der Waals surface area contributed by atoms with Crippen molar-refractivity contribution in [1.82, 2.24) is 0 Å². The van der Waals surface area contributed by atoms with E-state index >= 15 is 0 Å². The fraction of sp³-hybridized carbons (Fsp3) is 0.385. The molecule has 1 aromatic rings. The first-order valence-corrected chi connectivity index (χ1v) is 5.43. The molecule has 84 valence electrons. The summed E-state index contributed by atoms with van der Waals surface area (Å²) in [5.74, 6) is 0. The summed E-state index contributed by atoms with van der Waals surface area (Å²) in [6, 6.07) is 7.33. The average molecular weight is 216 g/mol. The summed E-state index contributed by atoms with van der Waals surface area (Å²) in [6.07, 6.45) is 2.98. The standard InChI is InChI=1S/C13H16N2O/c1-3-4-7-15(2)13-6-5-11(10-16)8-12(13)9-14/h5-6,8,10H,3-4,7H2,1-2H3. The van der Waals surface area contributed by atoms with E-state index in [1.165, 1.54) is 0 Å². The van der Waals surface area contributed by atoms with Crippen LogP contribution in [0.25, 0.3) is 0 Å². The van der Waals surface area contributed by atoms with Gasteiger partial charge in [0.15, 0.2) is 0 Å². The molecule has 3 nitrogen and oxygen atoms in total. The maximum absolute atomic E-state index is 10.6. The Balaban J connectivity index is 2.95. The summed E-state index contributed by atoms with van der Waals surface area (Å²) in [5.41, 5.74) is 1.99. The van der Waals surface area contributed by atoms with Crippen LogP contribution in [0, 0.1) is 11.3 Å². The quantitative estimate of drug-likeness (QED) is 0.710. The minimum absolute atomic E-state index is 0.546. The van der Waals surface area contributed by atoms with E-state index in [1.54, 1.807) is 12.1 Å². The van der Waals surface area contributed by atoms with Gasteiger partial charge in [-0.2, -0.15) is 5.26 Å². The number of unbranched alkanes of at least 4 members (excludes halogenated alkanes) is 1. The van der Waals surface area contributed by atoms with Gasteiger partial charge in [-0.15, -0.1) is 0 Å². The minimum atomic E-state index is 0.546. The first-order chi connectivity index (χ1) is 7.72. The number of nitriles is 1. The van der Waals surface area contributed by atoms with Crippen molar-refractivity contribution in [1.29, 1.82) is 5.26 Å². The molecule has 0 spiro atoms. The van der Waals surface area contributed by atoms with Crippen LogP contribution in [0.5, 0.6) is 0 Å². The van der Waals surface area contributed by atoms with Crippen LogP contribution in [0.2, 0.25) is 0 Å². The lowest BCUT2D eigenvalue weighted by atomic mass is 10.1. The van der Waals surface area contributed by atoms with Crippen LogP contribution < -0.4 is 4.90 Å². The van der Waals surface area contributed by atoms with Gasteiger partial charge >= 0.3 is 0 Å². The van der Waals surface area contributed by atoms with Crippen molar-refractivity contribution in [2.75, 3.05) is 18.5 Å². The number of carbonyl (C=O) groups excluding carboxylic acids is 1. The molecule has 0 heterocycles. The van der Waals surface area contributed by atoms with E-state index in [9.17, 15) is 4.79 Å². The van der Waals surface area contributed by atoms with Gasteiger partial charge < -0.3 is 4.90 Å². The van der Waals surface area contributed by atoms with Gasteiger partial charge in [0.2, 0.25) is 0 Å². The molecule has 0 aliphatic rings. The predicted molar refractivity (Wildman–Crippen MR) is 64.7 cm³/mol. The van der Waals surface area contributed by atoms with E-state index in [1.807, 2.05) is 13.1 Å². The van der Waals surface area contributed by atoms with E-state index in [-0.39, 0.29) is 0 Å². The maximum atomic E-state index is 10.6. The largest absolute Gasteiger partial charge is 0.374 e. The molecular weight excluding hydrogens is 200 g/mol. The number of aldehydes is 1. The molecule has 0 N–H and O–H groups in total. The second-order valence-electron chi connectivity index (χ2n) is 3.78. The second-order valence-corrected chi connectivity index (χ2v) is 3.78. The fourth-order valence-corrected chi connectivity index (χ4v) is 1.57. The smallest absolute Gasteiger partial charge is 0.150 e. The van der Waals surface area contributed by atoms with Gasteiger partial charge in [0.1, 0.15) is 12.4 Å². The minimum Gasteiger partial charge on any atom is -0.374 e. The molecule has 0 radical (unpaired) electrons. The summed E-state index contributed by atoms with van der Waals surface area (Å²) in [4.78, 5) is 12.7. The van der Waals surface area contributed by atoms with Gasteiger partial charge in [0.25, 0.3) is 0 Å². The molecule has 0 unspecified atom stereocenters. The Bertz CT molecular complexity index is 407. The molecule has 3 heteroatoms. The molecule has 1 aromatic carbocycles. The van der Waals surface area contributed by atoms with Crippen LogP contribution in [0.4, 0.5) is 5.69 Å². The highest BCUT2D eigenvalue weighted by molar-refractivity contribution is 5.78. The molecule has 0 fully saturated rings. The van der Waals surface area contributed by atoms with E-state index < -0.39 is 0 Å². The zero-order chi connectivity index (χ0) is 12.0. The molecule has 0 bridgehead atoms. The highest BCUT2D eigenvalue weighted by Crippen LogP contribution is 2.20. The zero-order valence-electron chi connectivity index (χ0n) is 9.73. The molecule has 0 amide bonds. The predicted octanol–water partition coefficient (Wildman–Crippen LogP) is 2.61. The number of hydrogen-bond donors (Lipinski definition) is 0. The van der Waals surface area contributed by atoms with Gasteiger partial charge in [0.05, 0.1) is 11.3 Å². The summed E-state index contributed by atoms with van der Waals surface area (Å²) in [6.45, 7) is 3.06. The van der Waals surface area contributed by atoms with Crippen LogP contribution in [-0.4, -0.2) is 19.9 Å². The highest BCUT2D eigenvalue weighted by atomic mass is 16.1. The second kappa shape index (κ2) is 5.92. The van der Waals surface area contributed by atoms with Gasteiger partial charge in [-0.3, -0.25) is 4.79 Å². The maximum Gasteiger partial charge on any atom is 0.150 e. The monoisotopic (exact) mass is 216 g/mol. The lowest BCUT2D eigenvalue weighted by Gasteiger charge is -2.20. The SMILES string of the molecule is CCCCN(C)c1ccc(C=O)cc1C#N. The number of carbonyl (C=O) groups is 1. The van der Waals surface area contributed by atoms with Crippen molar-refractivity contribution in [3.63, 3.8) is 0 Å². The highest BCUT2D eigenvalue weighted by Gasteiger charge is 2.07. The van der Waals surface area contributed by atoms with Gasteiger partial charge in [-0.1, -0.05) is 13.3 Å². The number of nitrogens with zero attached hydrogens (tertiary/aromatic N) is 2. The molecule has 0 aromatic heterocycles. The molecule has 0 atom stereocenters. The van der Waals surface area contributed by atoms with Gasteiger partial charge in [-0.05, 0) is 24.6 Å². The first-order valence-electron chi connectivity index (χ1n) is 5.43. The van der Waals surface area contributed by atoms with Crippen molar-refractivity contribution < 1.29 is 4.79 Å². The van der Waals surface area contributed by atoms with Crippen LogP contribution >= 0.6 is 0 Å². The van der Waals surface area contributed by atoms with E-state index in [2.05, 4.69) is 17.9 Å². The normalized spacial score (nSPS) is 9.56. The molecule has 0 aliphatic heterocycles. The fourth-order valence-electron chi connectivity index (χ4n) is 1.57. The van der Waals surface area contributed by atoms with Crippen molar-refractivity contribution in [2.24, 2.45) is 0 Å². The Kier molecular flexibility index (Phi) is 4.53. The molecule has 1 rings (SSSR count). The molecular formula is C13H16N2O. The van der Waals surface area contributed by atoms with Gasteiger partial charge in [0, 0.05) is 19.2 Å². The molecule has 0 saturated heterocycles. The first kappa shape index (κ1) is 12.3. The summed E-state index contributed by atoms with van der Waals surface area (Å²) in [7, 11) is 1.96. The number of anilines is 1. The molecule has 0 saturated carbocycles. The Labute approximate surface area is 96.3 Å². The molecule has 0 aliphatic carbocycles. The Morgan fingerprint density at radius 1 is 1.50 bits per heavy atom. The van der Waals surface area contributed by atoms with Crippen LogP contribution in [0.15, 0.2) is 18.2 Å². The van der Waals surface area contributed by atoms with Gasteiger partial charge in [-0.25, -0.2) is 0 Å².